The topological polar surface area (TPSA) is 113 Å². The summed E-state index contributed by atoms with van der Waals surface area (Å²) >= 11 is 0. The third-order valence-corrected chi connectivity index (χ3v) is 4.27. The van der Waals surface area contributed by atoms with Crippen LogP contribution in [-0.2, 0) is 0 Å². The first-order valence-electron chi connectivity index (χ1n) is 8.61. The van der Waals surface area contributed by atoms with Gasteiger partial charge in [0, 0.05) is 30.3 Å². The summed E-state index contributed by atoms with van der Waals surface area (Å²) in [5, 5.41) is 19.3. The molecule has 1 saturated carbocycles. The van der Waals surface area contributed by atoms with Gasteiger partial charge in [-0.05, 0) is 31.4 Å². The number of carbonyl (C=O) groups is 2. The number of nitrogens with one attached hydrogen (secondary N) is 3. The zero-order valence-electron chi connectivity index (χ0n) is 14.3. The molecule has 0 radical (unpaired) electrons. The Bertz CT molecular complexity index is 618. The van der Waals surface area contributed by atoms with Crippen molar-refractivity contribution in [3.05, 3.63) is 39.9 Å². The van der Waals surface area contributed by atoms with Crippen molar-refractivity contribution in [2.75, 3.05) is 6.54 Å². The molecule has 25 heavy (non-hydrogen) atoms. The van der Waals surface area contributed by atoms with Gasteiger partial charge in [-0.2, -0.15) is 0 Å². The highest BCUT2D eigenvalue weighted by Crippen LogP contribution is 2.19. The monoisotopic (exact) mass is 348 g/mol. The van der Waals surface area contributed by atoms with Crippen molar-refractivity contribution in [2.45, 2.75) is 51.1 Å². The van der Waals surface area contributed by atoms with Crippen molar-refractivity contribution in [3.63, 3.8) is 0 Å². The molecule has 1 aromatic carbocycles. The SMILES string of the molecule is CCCNC(=O)NC1CCCCC1NC(=O)c1ccc([N+](=O)[O-])cc1. The Hall–Kier alpha value is -2.64. The van der Waals surface area contributed by atoms with Crippen molar-refractivity contribution in [3.8, 4) is 0 Å². The lowest BCUT2D eigenvalue weighted by atomic mass is 9.90. The number of carbonyl (C=O) groups excluding carboxylic acids is 2. The van der Waals surface area contributed by atoms with Gasteiger partial charge in [0.05, 0.1) is 11.0 Å². The third-order valence-electron chi connectivity index (χ3n) is 4.27. The molecule has 2 atom stereocenters. The lowest BCUT2D eigenvalue weighted by molar-refractivity contribution is -0.384. The minimum Gasteiger partial charge on any atom is -0.347 e. The van der Waals surface area contributed by atoms with Crippen LogP contribution in [0, 0.1) is 10.1 Å². The summed E-state index contributed by atoms with van der Waals surface area (Å²) in [5.41, 5.74) is 0.312. The van der Waals surface area contributed by atoms with Gasteiger partial charge in [-0.3, -0.25) is 14.9 Å². The molecular formula is C17H24N4O4. The van der Waals surface area contributed by atoms with E-state index in [2.05, 4.69) is 16.0 Å². The molecule has 8 nitrogen and oxygen atoms in total. The Labute approximate surface area is 146 Å². The smallest absolute Gasteiger partial charge is 0.315 e. The van der Waals surface area contributed by atoms with Crippen LogP contribution in [0.15, 0.2) is 24.3 Å². The maximum atomic E-state index is 12.4. The molecule has 0 spiro atoms. The summed E-state index contributed by atoms with van der Waals surface area (Å²) in [6, 6.07) is 5.01. The lowest BCUT2D eigenvalue weighted by Gasteiger charge is -2.32. The van der Waals surface area contributed by atoms with Crippen LogP contribution in [0.25, 0.3) is 0 Å². The van der Waals surface area contributed by atoms with Crippen LogP contribution in [0.4, 0.5) is 10.5 Å². The fourth-order valence-corrected chi connectivity index (χ4v) is 2.92. The van der Waals surface area contributed by atoms with E-state index in [1.807, 2.05) is 6.92 Å². The van der Waals surface area contributed by atoms with Crippen molar-refractivity contribution in [1.29, 1.82) is 0 Å². The van der Waals surface area contributed by atoms with Gasteiger partial charge in [0.25, 0.3) is 11.6 Å². The molecule has 0 aromatic heterocycles. The Morgan fingerprint density at radius 3 is 2.28 bits per heavy atom. The Morgan fingerprint density at radius 2 is 1.72 bits per heavy atom. The number of non-ortho nitro benzene ring substituents is 1. The van der Waals surface area contributed by atoms with E-state index in [9.17, 15) is 19.7 Å². The summed E-state index contributed by atoms with van der Waals surface area (Å²) < 4.78 is 0. The van der Waals surface area contributed by atoms with E-state index < -0.39 is 4.92 Å². The number of nitrogens with zero attached hydrogens (tertiary/aromatic N) is 1. The number of nitro groups is 1. The van der Waals surface area contributed by atoms with Gasteiger partial charge >= 0.3 is 6.03 Å². The maximum absolute atomic E-state index is 12.4. The zero-order valence-corrected chi connectivity index (χ0v) is 14.3. The molecule has 0 heterocycles. The Morgan fingerprint density at radius 1 is 1.12 bits per heavy atom. The van der Waals surface area contributed by atoms with E-state index in [-0.39, 0.29) is 29.7 Å². The molecule has 3 N–H and O–H groups in total. The molecule has 8 heteroatoms. The lowest BCUT2D eigenvalue weighted by Crippen LogP contribution is -2.55. The van der Waals surface area contributed by atoms with Crippen LogP contribution in [0.1, 0.15) is 49.4 Å². The van der Waals surface area contributed by atoms with Crippen molar-refractivity contribution < 1.29 is 14.5 Å². The predicted molar refractivity (Wildman–Crippen MR) is 93.4 cm³/mol. The van der Waals surface area contributed by atoms with E-state index in [1.165, 1.54) is 24.3 Å². The van der Waals surface area contributed by atoms with E-state index in [4.69, 9.17) is 0 Å². The van der Waals surface area contributed by atoms with Crippen LogP contribution in [0.3, 0.4) is 0 Å². The summed E-state index contributed by atoms with van der Waals surface area (Å²) in [6.07, 6.45) is 4.45. The van der Waals surface area contributed by atoms with E-state index in [1.54, 1.807) is 0 Å². The van der Waals surface area contributed by atoms with Crippen LogP contribution >= 0.6 is 0 Å². The quantitative estimate of drug-likeness (QED) is 0.541. The highest BCUT2D eigenvalue weighted by Gasteiger charge is 2.28. The van der Waals surface area contributed by atoms with Gasteiger partial charge in [0.2, 0.25) is 0 Å². The molecule has 1 fully saturated rings. The second-order valence-corrected chi connectivity index (χ2v) is 6.18. The number of urea groups is 1. The molecular weight excluding hydrogens is 324 g/mol. The normalized spacial score (nSPS) is 19.7. The summed E-state index contributed by atoms with van der Waals surface area (Å²) in [4.78, 5) is 34.4. The van der Waals surface area contributed by atoms with Crippen molar-refractivity contribution in [2.24, 2.45) is 0 Å². The number of amides is 3. The summed E-state index contributed by atoms with van der Waals surface area (Å²) in [5.74, 6) is -0.289. The summed E-state index contributed by atoms with van der Waals surface area (Å²) in [6.45, 7) is 2.59. The van der Waals surface area contributed by atoms with Crippen molar-refractivity contribution in [1.82, 2.24) is 16.0 Å². The first-order valence-corrected chi connectivity index (χ1v) is 8.61. The van der Waals surface area contributed by atoms with Gasteiger partial charge in [-0.15, -0.1) is 0 Å². The average Bonchev–Trinajstić information content (AvgIpc) is 2.61. The second kappa shape index (κ2) is 9.00. The van der Waals surface area contributed by atoms with Gasteiger partial charge in [0.15, 0.2) is 0 Å². The number of hydrogen-bond acceptors (Lipinski definition) is 4. The second-order valence-electron chi connectivity index (χ2n) is 6.18. The number of hydrogen-bond donors (Lipinski definition) is 3. The van der Waals surface area contributed by atoms with E-state index in [0.29, 0.717) is 12.1 Å². The van der Waals surface area contributed by atoms with Gasteiger partial charge in [-0.25, -0.2) is 4.79 Å². The molecule has 1 aliphatic carbocycles. The van der Waals surface area contributed by atoms with Gasteiger partial charge < -0.3 is 16.0 Å². The first kappa shape index (κ1) is 18.7. The highest BCUT2D eigenvalue weighted by atomic mass is 16.6. The van der Waals surface area contributed by atoms with Gasteiger partial charge in [0.1, 0.15) is 0 Å². The largest absolute Gasteiger partial charge is 0.347 e. The minimum absolute atomic E-state index is 0.0543. The average molecular weight is 348 g/mol. The fourth-order valence-electron chi connectivity index (χ4n) is 2.92. The van der Waals surface area contributed by atoms with Crippen LogP contribution in [0.5, 0.6) is 0 Å². The molecule has 0 saturated heterocycles. The number of nitro benzene ring substituents is 1. The fraction of sp³-hybridized carbons (Fsp3) is 0.529. The highest BCUT2D eigenvalue weighted by molar-refractivity contribution is 5.94. The zero-order chi connectivity index (χ0) is 18.2. The van der Waals surface area contributed by atoms with Crippen LogP contribution in [-0.4, -0.2) is 35.5 Å². The van der Waals surface area contributed by atoms with Crippen LogP contribution in [0.2, 0.25) is 0 Å². The van der Waals surface area contributed by atoms with Crippen molar-refractivity contribution >= 4 is 17.6 Å². The van der Waals surface area contributed by atoms with Gasteiger partial charge in [-0.1, -0.05) is 19.8 Å². The maximum Gasteiger partial charge on any atom is 0.315 e. The standard InChI is InChI=1S/C17H24N4O4/c1-2-11-18-17(23)20-15-6-4-3-5-14(15)19-16(22)12-7-9-13(10-8-12)21(24)25/h7-10,14-15H,2-6,11H2,1H3,(H,19,22)(H2,18,20,23). The molecule has 1 aromatic rings. The molecule has 1 aliphatic rings. The molecule has 136 valence electrons. The third kappa shape index (κ3) is 5.44. The number of rotatable bonds is 6. The van der Waals surface area contributed by atoms with E-state index >= 15 is 0 Å². The Kier molecular flexibility index (Phi) is 6.73. The molecule has 0 bridgehead atoms. The minimum atomic E-state index is -0.502. The first-order chi connectivity index (χ1) is 12.0. The molecule has 2 unspecified atom stereocenters. The van der Waals surface area contributed by atoms with Crippen LogP contribution < -0.4 is 16.0 Å². The Balaban J connectivity index is 1.96. The number of benzene rings is 1. The molecule has 2 rings (SSSR count). The molecule has 0 aliphatic heterocycles. The molecule has 3 amide bonds. The van der Waals surface area contributed by atoms with E-state index in [0.717, 1.165) is 32.1 Å². The summed E-state index contributed by atoms with van der Waals surface area (Å²) in [7, 11) is 0. The predicted octanol–water partition coefficient (Wildman–Crippen LogP) is 2.34.